The van der Waals surface area contributed by atoms with Crippen molar-refractivity contribution in [2.75, 3.05) is 13.2 Å². The Hall–Kier alpha value is -2.24. The van der Waals surface area contributed by atoms with Crippen molar-refractivity contribution in [1.29, 1.82) is 0 Å². The Bertz CT molecular complexity index is 671. The number of alkyl carbamates (subject to hydrolysis) is 1. The molecule has 0 radical (unpaired) electrons. The molecule has 2 rings (SSSR count). The summed E-state index contributed by atoms with van der Waals surface area (Å²) in [6.45, 7) is 10.0. The molecule has 2 aromatic rings. The zero-order valence-electron chi connectivity index (χ0n) is 13.6. The highest BCUT2D eigenvalue weighted by atomic mass is 16.6. The number of hydrogen-bond acceptors (Lipinski definition) is 5. The predicted molar refractivity (Wildman–Crippen MR) is 83.2 cm³/mol. The number of nitrogens with one attached hydrogen (secondary N) is 1. The van der Waals surface area contributed by atoms with E-state index in [0.29, 0.717) is 18.0 Å². The second-order valence-electron chi connectivity index (χ2n) is 6.22. The van der Waals surface area contributed by atoms with Crippen LogP contribution in [0.3, 0.4) is 0 Å². The second-order valence-corrected chi connectivity index (χ2v) is 6.22. The molecule has 1 aromatic heterocycles. The number of nitrogens with zero attached hydrogens (tertiary/aromatic N) is 1. The van der Waals surface area contributed by atoms with E-state index in [9.17, 15) is 4.79 Å². The van der Waals surface area contributed by atoms with Crippen LogP contribution in [0.2, 0.25) is 0 Å². The highest BCUT2D eigenvalue weighted by molar-refractivity contribution is 5.86. The van der Waals surface area contributed by atoms with E-state index < -0.39 is 11.7 Å². The van der Waals surface area contributed by atoms with Gasteiger partial charge in [-0.25, -0.2) is 4.79 Å². The number of amides is 1. The van der Waals surface area contributed by atoms with Crippen LogP contribution in [0, 0.1) is 13.8 Å². The van der Waals surface area contributed by atoms with Crippen LogP contribution in [0.25, 0.3) is 11.0 Å². The Morgan fingerprint density at radius 1 is 1.32 bits per heavy atom. The summed E-state index contributed by atoms with van der Waals surface area (Å²) >= 11 is 0. The molecule has 0 bridgehead atoms. The lowest BCUT2D eigenvalue weighted by atomic mass is 10.1. The quantitative estimate of drug-likeness (QED) is 0.877. The number of aromatic nitrogens is 1. The highest BCUT2D eigenvalue weighted by Crippen LogP contribution is 2.29. The van der Waals surface area contributed by atoms with Gasteiger partial charge in [-0.1, -0.05) is 6.07 Å². The smallest absolute Gasteiger partial charge is 0.407 e. The zero-order valence-corrected chi connectivity index (χ0v) is 13.6. The number of hydrogen-bond donors (Lipinski definition) is 1. The molecule has 0 spiro atoms. The van der Waals surface area contributed by atoms with Gasteiger partial charge in [-0.15, -0.1) is 0 Å². The molecule has 0 aliphatic rings. The Balaban J connectivity index is 1.89. The summed E-state index contributed by atoms with van der Waals surface area (Å²) in [5, 5.41) is 7.42. The largest absolute Gasteiger partial charge is 0.473 e. The molecule has 0 aliphatic carbocycles. The summed E-state index contributed by atoms with van der Waals surface area (Å²) in [5.41, 5.74) is 2.35. The van der Waals surface area contributed by atoms with Crippen LogP contribution in [-0.2, 0) is 4.74 Å². The van der Waals surface area contributed by atoms with Crippen molar-refractivity contribution in [3.05, 3.63) is 23.3 Å². The molecule has 22 heavy (non-hydrogen) atoms. The maximum atomic E-state index is 11.5. The SMILES string of the molecule is Cc1cc(C)c2c(OCCNC(=O)OC(C)(C)C)noc2c1. The molecule has 1 heterocycles. The number of benzene rings is 1. The van der Waals surface area contributed by atoms with Crippen molar-refractivity contribution < 1.29 is 18.8 Å². The third-order valence-corrected chi connectivity index (χ3v) is 2.89. The van der Waals surface area contributed by atoms with Gasteiger partial charge in [0.05, 0.1) is 11.9 Å². The number of ether oxygens (including phenoxy) is 2. The number of carbonyl (C=O) groups excluding carboxylic acids is 1. The first-order chi connectivity index (χ1) is 10.3. The first-order valence-corrected chi connectivity index (χ1v) is 7.22. The maximum absolute atomic E-state index is 11.5. The van der Waals surface area contributed by atoms with Gasteiger partial charge in [0.25, 0.3) is 5.88 Å². The van der Waals surface area contributed by atoms with Gasteiger partial charge in [0, 0.05) is 0 Å². The molecule has 1 aromatic carbocycles. The molecule has 0 saturated carbocycles. The van der Waals surface area contributed by atoms with Crippen molar-refractivity contribution >= 4 is 17.1 Å². The van der Waals surface area contributed by atoms with Gasteiger partial charge in [0.2, 0.25) is 0 Å². The minimum Gasteiger partial charge on any atom is -0.473 e. The van der Waals surface area contributed by atoms with E-state index in [-0.39, 0.29) is 6.61 Å². The lowest BCUT2D eigenvalue weighted by Gasteiger charge is -2.19. The van der Waals surface area contributed by atoms with Crippen molar-refractivity contribution in [3.8, 4) is 5.88 Å². The lowest BCUT2D eigenvalue weighted by molar-refractivity contribution is 0.0520. The predicted octanol–water partition coefficient (Wildman–Crippen LogP) is 3.35. The summed E-state index contributed by atoms with van der Waals surface area (Å²) in [6.07, 6.45) is -0.465. The average molecular weight is 306 g/mol. The molecule has 1 amide bonds. The first kappa shape index (κ1) is 16.1. The third-order valence-electron chi connectivity index (χ3n) is 2.89. The van der Waals surface area contributed by atoms with E-state index in [2.05, 4.69) is 10.5 Å². The van der Waals surface area contributed by atoms with Crippen LogP contribution in [0.1, 0.15) is 31.9 Å². The van der Waals surface area contributed by atoms with Gasteiger partial charge in [-0.3, -0.25) is 0 Å². The molecule has 6 heteroatoms. The summed E-state index contributed by atoms with van der Waals surface area (Å²) in [5.74, 6) is 0.443. The van der Waals surface area contributed by atoms with Gasteiger partial charge in [-0.05, 0) is 57.0 Å². The van der Waals surface area contributed by atoms with Gasteiger partial charge in [-0.2, -0.15) is 0 Å². The molecular weight excluding hydrogens is 284 g/mol. The Labute approximate surface area is 129 Å². The van der Waals surface area contributed by atoms with Crippen LogP contribution < -0.4 is 10.1 Å². The fraction of sp³-hybridized carbons (Fsp3) is 0.500. The molecule has 0 aliphatic heterocycles. The molecule has 0 atom stereocenters. The van der Waals surface area contributed by atoms with Gasteiger partial charge in [0.15, 0.2) is 5.58 Å². The molecule has 0 fully saturated rings. The fourth-order valence-electron chi connectivity index (χ4n) is 2.12. The molecule has 1 N–H and O–H groups in total. The summed E-state index contributed by atoms with van der Waals surface area (Å²) in [7, 11) is 0. The molecule has 120 valence electrons. The zero-order chi connectivity index (χ0) is 16.3. The standard InChI is InChI=1S/C16H22N2O4/c1-10-8-11(2)13-12(9-10)22-18-14(13)20-7-6-17-15(19)21-16(3,4)5/h8-9H,6-7H2,1-5H3,(H,17,19). The van der Waals surface area contributed by atoms with E-state index in [1.165, 1.54) is 0 Å². The van der Waals surface area contributed by atoms with Crippen LogP contribution in [0.5, 0.6) is 5.88 Å². The van der Waals surface area contributed by atoms with Crippen LogP contribution in [0.4, 0.5) is 4.79 Å². The molecule has 0 saturated heterocycles. The monoisotopic (exact) mass is 306 g/mol. The van der Waals surface area contributed by atoms with E-state index in [4.69, 9.17) is 14.0 Å². The number of carbonyl (C=O) groups is 1. The minimum absolute atomic E-state index is 0.286. The second kappa shape index (κ2) is 6.25. The third kappa shape index (κ3) is 4.13. The van der Waals surface area contributed by atoms with Crippen molar-refractivity contribution in [1.82, 2.24) is 10.5 Å². The van der Waals surface area contributed by atoms with Crippen LogP contribution in [-0.4, -0.2) is 30.0 Å². The normalized spacial score (nSPS) is 11.5. The summed E-state index contributed by atoms with van der Waals surface area (Å²) in [6, 6.07) is 3.96. The first-order valence-electron chi connectivity index (χ1n) is 7.22. The van der Waals surface area contributed by atoms with Gasteiger partial charge >= 0.3 is 6.09 Å². The minimum atomic E-state index is -0.512. The van der Waals surface area contributed by atoms with Crippen molar-refractivity contribution in [2.24, 2.45) is 0 Å². The molecule has 6 nitrogen and oxygen atoms in total. The van der Waals surface area contributed by atoms with Gasteiger partial charge < -0.3 is 19.3 Å². The average Bonchev–Trinajstić information content (AvgIpc) is 2.75. The lowest BCUT2D eigenvalue weighted by Crippen LogP contribution is -2.34. The van der Waals surface area contributed by atoms with E-state index in [1.807, 2.05) is 46.8 Å². The number of fused-ring (bicyclic) bond motifs is 1. The van der Waals surface area contributed by atoms with Crippen molar-refractivity contribution in [2.45, 2.75) is 40.2 Å². The van der Waals surface area contributed by atoms with Gasteiger partial charge in [0.1, 0.15) is 12.2 Å². The fourth-order valence-corrected chi connectivity index (χ4v) is 2.12. The highest BCUT2D eigenvalue weighted by Gasteiger charge is 2.16. The van der Waals surface area contributed by atoms with Crippen LogP contribution in [0.15, 0.2) is 16.7 Å². The topological polar surface area (TPSA) is 73.6 Å². The molecular formula is C16H22N2O4. The Morgan fingerprint density at radius 2 is 2.05 bits per heavy atom. The van der Waals surface area contributed by atoms with E-state index in [0.717, 1.165) is 16.5 Å². The van der Waals surface area contributed by atoms with Crippen molar-refractivity contribution in [3.63, 3.8) is 0 Å². The summed E-state index contributed by atoms with van der Waals surface area (Å²) in [4.78, 5) is 11.5. The Kier molecular flexibility index (Phi) is 4.59. The van der Waals surface area contributed by atoms with Crippen LogP contribution >= 0.6 is 0 Å². The Morgan fingerprint density at radius 3 is 2.73 bits per heavy atom. The summed E-state index contributed by atoms with van der Waals surface area (Å²) < 4.78 is 16.0. The maximum Gasteiger partial charge on any atom is 0.407 e. The van der Waals surface area contributed by atoms with E-state index in [1.54, 1.807) is 0 Å². The number of rotatable bonds is 4. The molecule has 0 unspecified atom stereocenters. The van der Waals surface area contributed by atoms with E-state index >= 15 is 0 Å². The number of aryl methyl sites for hydroxylation is 2.